The number of nitriles is 1. The van der Waals surface area contributed by atoms with E-state index in [-0.39, 0.29) is 5.82 Å². The molecule has 0 aliphatic carbocycles. The first-order valence-electron chi connectivity index (χ1n) is 13.5. The summed E-state index contributed by atoms with van der Waals surface area (Å²) in [6.45, 7) is 5.07. The Balaban J connectivity index is 1.13. The molecule has 8 heterocycles. The summed E-state index contributed by atoms with van der Waals surface area (Å²) in [6.07, 6.45) is 8.13. The molecule has 10 nitrogen and oxygen atoms in total. The van der Waals surface area contributed by atoms with Crippen LogP contribution in [0.25, 0.3) is 16.6 Å². The van der Waals surface area contributed by atoms with Gasteiger partial charge in [-0.15, -0.1) is 0 Å². The third kappa shape index (κ3) is 4.29. The van der Waals surface area contributed by atoms with Gasteiger partial charge in [0.2, 0.25) is 5.88 Å². The van der Waals surface area contributed by atoms with Crippen LogP contribution in [0, 0.1) is 17.1 Å². The lowest BCUT2D eigenvalue weighted by molar-refractivity contribution is -0.00898. The number of methoxy groups -OCH3 is 1. The fourth-order valence-electron chi connectivity index (χ4n) is 6.17. The highest BCUT2D eigenvalue weighted by molar-refractivity contribution is 5.86. The van der Waals surface area contributed by atoms with Gasteiger partial charge >= 0.3 is 0 Å². The van der Waals surface area contributed by atoms with Crippen LogP contribution in [0.5, 0.6) is 5.88 Å². The Morgan fingerprint density at radius 3 is 2.60 bits per heavy atom. The first-order valence-corrected chi connectivity index (χ1v) is 13.5. The Kier molecular flexibility index (Phi) is 6.21. The van der Waals surface area contributed by atoms with Crippen molar-refractivity contribution in [1.29, 1.82) is 5.26 Å². The second kappa shape index (κ2) is 10.0. The van der Waals surface area contributed by atoms with Gasteiger partial charge in [-0.1, -0.05) is 6.07 Å². The van der Waals surface area contributed by atoms with Crippen LogP contribution in [0.4, 0.5) is 15.9 Å². The summed E-state index contributed by atoms with van der Waals surface area (Å²) < 4.78 is 28.1. The second-order valence-electron chi connectivity index (χ2n) is 10.5. The zero-order chi connectivity index (χ0) is 27.2. The molecule has 2 atom stereocenters. The lowest BCUT2D eigenvalue weighted by Gasteiger charge is -2.56. The van der Waals surface area contributed by atoms with Crippen LogP contribution in [-0.4, -0.2) is 83.1 Å². The van der Waals surface area contributed by atoms with Crippen molar-refractivity contribution in [1.82, 2.24) is 24.5 Å². The van der Waals surface area contributed by atoms with Crippen molar-refractivity contribution in [3.63, 3.8) is 0 Å². The van der Waals surface area contributed by atoms with Gasteiger partial charge in [0, 0.05) is 74.4 Å². The van der Waals surface area contributed by atoms with Crippen LogP contribution in [0.1, 0.15) is 17.5 Å². The van der Waals surface area contributed by atoms with Crippen LogP contribution < -0.4 is 14.5 Å². The molecule has 4 aromatic heterocycles. The molecule has 0 aromatic carbocycles. The van der Waals surface area contributed by atoms with E-state index < -0.39 is 0 Å². The Hall–Kier alpha value is -4.27. The molecule has 4 saturated heterocycles. The first-order chi connectivity index (χ1) is 19.6. The fourth-order valence-corrected chi connectivity index (χ4v) is 6.17. The summed E-state index contributed by atoms with van der Waals surface area (Å²) in [5.74, 6) is 0.616. The first kappa shape index (κ1) is 24.7. The van der Waals surface area contributed by atoms with Crippen LogP contribution in [-0.2, 0) is 11.3 Å². The predicted molar refractivity (Wildman–Crippen MR) is 147 cm³/mol. The van der Waals surface area contributed by atoms with E-state index >= 15 is 4.39 Å². The average molecular weight is 541 g/mol. The molecule has 11 heteroatoms. The van der Waals surface area contributed by atoms with E-state index in [0.29, 0.717) is 53.6 Å². The number of morpholine rings is 1. The van der Waals surface area contributed by atoms with Gasteiger partial charge in [0.1, 0.15) is 6.07 Å². The van der Waals surface area contributed by atoms with Gasteiger partial charge in [-0.3, -0.25) is 4.90 Å². The topological polar surface area (TPSA) is 95.0 Å². The highest BCUT2D eigenvalue weighted by Gasteiger charge is 2.45. The van der Waals surface area contributed by atoms with Crippen LogP contribution in [0.15, 0.2) is 49.1 Å². The van der Waals surface area contributed by atoms with E-state index in [2.05, 4.69) is 35.8 Å². The number of fused-ring (bicyclic) bond motifs is 3. The Morgan fingerprint density at radius 1 is 1.07 bits per heavy atom. The molecule has 0 amide bonds. The molecule has 4 aromatic rings. The van der Waals surface area contributed by atoms with Crippen LogP contribution >= 0.6 is 0 Å². The van der Waals surface area contributed by atoms with Crippen molar-refractivity contribution in [3.05, 3.63) is 66.0 Å². The van der Waals surface area contributed by atoms with Crippen molar-refractivity contribution < 1.29 is 13.9 Å². The van der Waals surface area contributed by atoms with Gasteiger partial charge in [0.15, 0.2) is 11.6 Å². The molecular formula is C29H29FN8O2. The van der Waals surface area contributed by atoms with Gasteiger partial charge in [-0.2, -0.15) is 10.4 Å². The molecule has 40 heavy (non-hydrogen) atoms. The second-order valence-corrected chi connectivity index (χ2v) is 10.5. The van der Waals surface area contributed by atoms with E-state index in [9.17, 15) is 5.26 Å². The number of pyridine rings is 3. The minimum atomic E-state index is -0.363. The van der Waals surface area contributed by atoms with Crippen LogP contribution in [0.2, 0.25) is 0 Å². The summed E-state index contributed by atoms with van der Waals surface area (Å²) >= 11 is 0. The molecule has 2 unspecified atom stereocenters. The van der Waals surface area contributed by atoms with Crippen molar-refractivity contribution in [3.8, 4) is 23.1 Å². The van der Waals surface area contributed by atoms with Gasteiger partial charge in [0.25, 0.3) is 0 Å². The molecule has 204 valence electrons. The normalized spacial score (nSPS) is 20.8. The van der Waals surface area contributed by atoms with Crippen LogP contribution in [0.3, 0.4) is 0 Å². The van der Waals surface area contributed by atoms with Crippen molar-refractivity contribution in [2.24, 2.45) is 0 Å². The quantitative estimate of drug-likeness (QED) is 0.366. The summed E-state index contributed by atoms with van der Waals surface area (Å²) in [6, 6.07) is 10.4. The largest absolute Gasteiger partial charge is 0.481 e. The number of piperazine rings is 1. The summed E-state index contributed by atoms with van der Waals surface area (Å²) in [7, 11) is 1.61. The standard InChI is InChI=1S/C29H29FN8O2/c1-39-27-3-2-19(12-32-27)15-37-23-9-24(37)17-36(16-23)29-26(30)8-20(13-33-29)25-10-22(35-4-6-40-7-5-35)18-38-28(25)21(11-31)14-34-38/h2-3,8,10,12-14,18,23-24H,4-7,9,15-17H2,1H3. The molecule has 2 bridgehead atoms. The van der Waals surface area contributed by atoms with Gasteiger partial charge in [0.05, 0.1) is 49.5 Å². The molecule has 4 fully saturated rings. The zero-order valence-corrected chi connectivity index (χ0v) is 22.2. The van der Waals surface area contributed by atoms with E-state index in [1.54, 1.807) is 24.0 Å². The number of hydrogen-bond donors (Lipinski definition) is 0. The number of ether oxygens (including phenoxy) is 2. The highest BCUT2D eigenvalue weighted by atomic mass is 19.1. The Labute approximate surface area is 231 Å². The molecular weight excluding hydrogens is 511 g/mol. The number of anilines is 2. The number of aromatic nitrogens is 4. The maximum absolute atomic E-state index is 15.7. The van der Waals surface area contributed by atoms with E-state index in [0.717, 1.165) is 56.0 Å². The number of nitrogens with zero attached hydrogens (tertiary/aromatic N) is 8. The number of piperidine rings is 1. The molecule has 0 N–H and O–H groups in total. The van der Waals surface area contributed by atoms with E-state index in [1.807, 2.05) is 30.6 Å². The summed E-state index contributed by atoms with van der Waals surface area (Å²) in [5, 5.41) is 14.1. The lowest BCUT2D eigenvalue weighted by atomic mass is 9.87. The highest BCUT2D eigenvalue weighted by Crippen LogP contribution is 2.37. The van der Waals surface area contributed by atoms with Gasteiger partial charge in [-0.05, 0) is 24.1 Å². The molecule has 0 radical (unpaired) electrons. The smallest absolute Gasteiger partial charge is 0.212 e. The van der Waals surface area contributed by atoms with Crippen molar-refractivity contribution in [2.45, 2.75) is 25.0 Å². The number of hydrogen-bond acceptors (Lipinski definition) is 9. The van der Waals surface area contributed by atoms with Gasteiger partial charge in [-0.25, -0.2) is 18.9 Å². The Bertz CT molecular complexity index is 1580. The third-order valence-corrected chi connectivity index (χ3v) is 8.24. The number of rotatable bonds is 6. The lowest BCUT2D eigenvalue weighted by Crippen LogP contribution is -2.68. The van der Waals surface area contributed by atoms with Crippen molar-refractivity contribution in [2.75, 3.05) is 56.3 Å². The molecule has 8 rings (SSSR count). The van der Waals surface area contributed by atoms with Gasteiger partial charge < -0.3 is 19.3 Å². The van der Waals surface area contributed by atoms with E-state index in [1.165, 1.54) is 6.07 Å². The predicted octanol–water partition coefficient (Wildman–Crippen LogP) is 3.11. The maximum atomic E-state index is 15.7. The molecule has 0 saturated carbocycles. The Morgan fingerprint density at radius 2 is 1.90 bits per heavy atom. The molecule has 0 spiro atoms. The number of halogens is 1. The SMILES string of the molecule is COc1ccc(CN2C3CC2CN(c2ncc(-c4cc(N5CCOCC5)cn5ncc(C#N)c45)cc2F)C3)cn1. The zero-order valence-electron chi connectivity index (χ0n) is 22.2. The summed E-state index contributed by atoms with van der Waals surface area (Å²) in [4.78, 5) is 15.7. The molecule has 4 aliphatic heterocycles. The maximum Gasteiger partial charge on any atom is 0.212 e. The minimum Gasteiger partial charge on any atom is -0.481 e. The third-order valence-electron chi connectivity index (χ3n) is 8.24. The molecule has 4 aliphatic rings. The average Bonchev–Trinajstić information content (AvgIpc) is 3.43. The van der Waals surface area contributed by atoms with E-state index in [4.69, 9.17) is 9.47 Å². The minimum absolute atomic E-state index is 0.344. The fraction of sp³-hybridized carbons (Fsp3) is 0.379. The van der Waals surface area contributed by atoms with Crippen molar-refractivity contribution >= 4 is 17.0 Å². The monoisotopic (exact) mass is 540 g/mol. The summed E-state index contributed by atoms with van der Waals surface area (Å²) in [5.41, 5.74) is 4.53.